The van der Waals surface area contributed by atoms with E-state index in [0.717, 1.165) is 27.8 Å². The Kier molecular flexibility index (Phi) is 4.86. The number of rotatable bonds is 4. The molecule has 2 nitrogen and oxygen atoms in total. The molecule has 4 heteroatoms. The van der Waals surface area contributed by atoms with Gasteiger partial charge >= 0.3 is 0 Å². The lowest BCUT2D eigenvalue weighted by atomic mass is 10.1. The van der Waals surface area contributed by atoms with E-state index in [1.807, 2.05) is 43.3 Å². The maximum Gasteiger partial charge on any atom is 0.146 e. The van der Waals surface area contributed by atoms with E-state index in [2.05, 4.69) is 15.9 Å². The highest BCUT2D eigenvalue weighted by Crippen LogP contribution is 2.33. The SMILES string of the molecule is Cc1ccc(Oc2ccc(Br)cc2CCN)c(Cl)c1. The molecule has 2 rings (SSSR count). The molecular weight excluding hydrogens is 326 g/mol. The van der Waals surface area contributed by atoms with Gasteiger partial charge in [-0.1, -0.05) is 33.6 Å². The molecule has 0 aliphatic rings. The molecule has 0 amide bonds. The Morgan fingerprint density at radius 2 is 1.89 bits per heavy atom. The predicted molar refractivity (Wildman–Crippen MR) is 83.2 cm³/mol. The summed E-state index contributed by atoms with van der Waals surface area (Å²) in [4.78, 5) is 0. The minimum atomic E-state index is 0.578. The van der Waals surface area contributed by atoms with Crippen LogP contribution in [0.25, 0.3) is 0 Å². The number of hydrogen-bond donors (Lipinski definition) is 1. The molecule has 2 N–H and O–H groups in total. The summed E-state index contributed by atoms with van der Waals surface area (Å²) in [5, 5.41) is 0.613. The van der Waals surface area contributed by atoms with E-state index in [9.17, 15) is 0 Å². The molecule has 0 spiro atoms. The summed E-state index contributed by atoms with van der Waals surface area (Å²) in [6.07, 6.45) is 0.762. The molecule has 0 unspecified atom stereocenters. The van der Waals surface area contributed by atoms with Crippen molar-refractivity contribution >= 4 is 27.5 Å². The zero-order valence-electron chi connectivity index (χ0n) is 10.6. The van der Waals surface area contributed by atoms with Crippen LogP contribution in [0, 0.1) is 6.92 Å². The van der Waals surface area contributed by atoms with Crippen molar-refractivity contribution in [3.63, 3.8) is 0 Å². The minimum absolute atomic E-state index is 0.578. The first-order valence-electron chi connectivity index (χ1n) is 6.02. The maximum absolute atomic E-state index is 6.18. The molecule has 0 fully saturated rings. The van der Waals surface area contributed by atoms with Crippen LogP contribution in [0.3, 0.4) is 0 Å². The zero-order chi connectivity index (χ0) is 13.8. The van der Waals surface area contributed by atoms with Crippen LogP contribution in [0.5, 0.6) is 11.5 Å². The molecule has 0 saturated carbocycles. The second-order valence-electron chi connectivity index (χ2n) is 4.33. The average Bonchev–Trinajstić information content (AvgIpc) is 2.36. The molecule has 2 aromatic carbocycles. The fourth-order valence-electron chi connectivity index (χ4n) is 1.81. The molecule has 2 aromatic rings. The number of hydrogen-bond acceptors (Lipinski definition) is 2. The summed E-state index contributed by atoms with van der Waals surface area (Å²) in [5.41, 5.74) is 7.80. The van der Waals surface area contributed by atoms with E-state index in [-0.39, 0.29) is 0 Å². The molecule has 19 heavy (non-hydrogen) atoms. The van der Waals surface area contributed by atoms with Crippen LogP contribution in [0.4, 0.5) is 0 Å². The van der Waals surface area contributed by atoms with Crippen molar-refractivity contribution in [3.05, 3.63) is 57.0 Å². The van der Waals surface area contributed by atoms with E-state index >= 15 is 0 Å². The van der Waals surface area contributed by atoms with Crippen molar-refractivity contribution < 1.29 is 4.74 Å². The van der Waals surface area contributed by atoms with E-state index in [1.54, 1.807) is 0 Å². The Morgan fingerprint density at radius 3 is 2.58 bits per heavy atom. The van der Waals surface area contributed by atoms with Crippen LogP contribution >= 0.6 is 27.5 Å². The third kappa shape index (κ3) is 3.72. The highest BCUT2D eigenvalue weighted by molar-refractivity contribution is 9.10. The van der Waals surface area contributed by atoms with Gasteiger partial charge in [-0.05, 0) is 61.3 Å². The van der Waals surface area contributed by atoms with E-state index < -0.39 is 0 Å². The maximum atomic E-state index is 6.18. The van der Waals surface area contributed by atoms with Crippen LogP contribution in [0.2, 0.25) is 5.02 Å². The van der Waals surface area contributed by atoms with Crippen molar-refractivity contribution in [2.45, 2.75) is 13.3 Å². The Morgan fingerprint density at radius 1 is 1.16 bits per heavy atom. The first kappa shape index (κ1) is 14.4. The van der Waals surface area contributed by atoms with Gasteiger partial charge in [0.2, 0.25) is 0 Å². The molecule has 0 aromatic heterocycles. The van der Waals surface area contributed by atoms with Crippen molar-refractivity contribution in [1.29, 1.82) is 0 Å². The molecule has 100 valence electrons. The first-order valence-corrected chi connectivity index (χ1v) is 7.20. The molecular formula is C15H15BrClNO. The highest BCUT2D eigenvalue weighted by atomic mass is 79.9. The first-order chi connectivity index (χ1) is 9.10. The van der Waals surface area contributed by atoms with E-state index in [1.165, 1.54) is 0 Å². The van der Waals surface area contributed by atoms with Crippen molar-refractivity contribution in [3.8, 4) is 11.5 Å². The standard InChI is InChI=1S/C15H15BrClNO/c1-10-2-4-15(13(17)8-10)19-14-5-3-12(16)9-11(14)6-7-18/h2-5,8-9H,6-7,18H2,1H3. The second-order valence-corrected chi connectivity index (χ2v) is 5.65. The molecule has 0 aliphatic heterocycles. The summed E-state index contributed by atoms with van der Waals surface area (Å²) in [5.74, 6) is 1.45. The second kappa shape index (κ2) is 6.42. The van der Waals surface area contributed by atoms with Crippen LogP contribution in [0.1, 0.15) is 11.1 Å². The van der Waals surface area contributed by atoms with Gasteiger partial charge in [-0.25, -0.2) is 0 Å². The third-order valence-corrected chi connectivity index (χ3v) is 3.53. The lowest BCUT2D eigenvalue weighted by Crippen LogP contribution is -2.04. The summed E-state index contributed by atoms with van der Waals surface area (Å²) >= 11 is 9.63. The lowest BCUT2D eigenvalue weighted by molar-refractivity contribution is 0.476. The Hall–Kier alpha value is -1.03. The minimum Gasteiger partial charge on any atom is -0.456 e. The summed E-state index contributed by atoms with van der Waals surface area (Å²) in [6, 6.07) is 11.6. The largest absolute Gasteiger partial charge is 0.456 e. The quantitative estimate of drug-likeness (QED) is 0.875. The molecule has 0 atom stereocenters. The fourth-order valence-corrected chi connectivity index (χ4v) is 2.49. The number of nitrogens with two attached hydrogens (primary N) is 1. The number of halogens is 2. The van der Waals surface area contributed by atoms with Gasteiger partial charge in [0, 0.05) is 4.47 Å². The lowest BCUT2D eigenvalue weighted by Gasteiger charge is -2.12. The number of benzene rings is 2. The van der Waals surface area contributed by atoms with Crippen molar-refractivity contribution in [1.82, 2.24) is 0 Å². The van der Waals surface area contributed by atoms with Gasteiger partial charge in [0.15, 0.2) is 0 Å². The van der Waals surface area contributed by atoms with E-state index in [4.69, 9.17) is 22.1 Å². The molecule has 0 heterocycles. The summed E-state index contributed by atoms with van der Waals surface area (Å²) in [6.45, 7) is 2.57. The van der Waals surface area contributed by atoms with Gasteiger partial charge in [0.05, 0.1) is 5.02 Å². The zero-order valence-corrected chi connectivity index (χ0v) is 13.0. The third-order valence-electron chi connectivity index (χ3n) is 2.74. The molecule has 0 aliphatic carbocycles. The molecule has 0 bridgehead atoms. The average molecular weight is 341 g/mol. The van der Waals surface area contributed by atoms with Crippen molar-refractivity contribution in [2.75, 3.05) is 6.54 Å². The number of aryl methyl sites for hydroxylation is 1. The predicted octanol–water partition coefficient (Wildman–Crippen LogP) is 4.70. The van der Waals surface area contributed by atoms with Crippen molar-refractivity contribution in [2.24, 2.45) is 5.73 Å². The highest BCUT2D eigenvalue weighted by Gasteiger charge is 2.08. The topological polar surface area (TPSA) is 35.2 Å². The number of ether oxygens (including phenoxy) is 1. The molecule has 0 radical (unpaired) electrons. The molecule has 0 saturated heterocycles. The summed E-state index contributed by atoms with van der Waals surface area (Å²) in [7, 11) is 0. The smallest absolute Gasteiger partial charge is 0.146 e. The van der Waals surface area contributed by atoms with Crippen LogP contribution in [0.15, 0.2) is 40.9 Å². The fraction of sp³-hybridized carbons (Fsp3) is 0.200. The monoisotopic (exact) mass is 339 g/mol. The Balaban J connectivity index is 2.32. The van der Waals surface area contributed by atoms with Gasteiger partial charge in [0.1, 0.15) is 11.5 Å². The van der Waals surface area contributed by atoms with Gasteiger partial charge in [-0.3, -0.25) is 0 Å². The Labute approximate surface area is 126 Å². The Bertz CT molecular complexity index is 586. The van der Waals surface area contributed by atoms with Crippen LogP contribution in [-0.4, -0.2) is 6.54 Å². The summed E-state index contributed by atoms with van der Waals surface area (Å²) < 4.78 is 6.91. The van der Waals surface area contributed by atoms with Gasteiger partial charge in [-0.2, -0.15) is 0 Å². The van der Waals surface area contributed by atoms with Gasteiger partial charge in [-0.15, -0.1) is 0 Å². The van der Waals surface area contributed by atoms with Gasteiger partial charge < -0.3 is 10.5 Å². The van der Waals surface area contributed by atoms with E-state index in [0.29, 0.717) is 17.3 Å². The van der Waals surface area contributed by atoms with Crippen LogP contribution in [-0.2, 0) is 6.42 Å². The van der Waals surface area contributed by atoms with Gasteiger partial charge in [0.25, 0.3) is 0 Å². The normalized spacial score (nSPS) is 10.5. The van der Waals surface area contributed by atoms with Crippen LogP contribution < -0.4 is 10.5 Å².